The molecule has 7 heteroatoms. The maximum absolute atomic E-state index is 12.7. The van der Waals surface area contributed by atoms with Crippen LogP contribution in [0.1, 0.15) is 42.7 Å². The fourth-order valence-electron chi connectivity index (χ4n) is 3.20. The molecule has 0 radical (unpaired) electrons. The van der Waals surface area contributed by atoms with E-state index in [1.165, 1.54) is 0 Å². The summed E-state index contributed by atoms with van der Waals surface area (Å²) >= 11 is 0. The first-order valence-electron chi connectivity index (χ1n) is 8.27. The average Bonchev–Trinajstić information content (AvgIpc) is 3.09. The van der Waals surface area contributed by atoms with Crippen LogP contribution >= 0.6 is 0 Å². The lowest BCUT2D eigenvalue weighted by atomic mass is 9.95. The van der Waals surface area contributed by atoms with E-state index in [4.69, 9.17) is 4.74 Å². The minimum absolute atomic E-state index is 0.00196. The number of hydrogen-bond acceptors (Lipinski definition) is 4. The smallest absolute Gasteiger partial charge is 0.274 e. The zero-order valence-electron chi connectivity index (χ0n) is 14.0. The lowest BCUT2D eigenvalue weighted by molar-refractivity contribution is -0.126. The summed E-state index contributed by atoms with van der Waals surface area (Å²) in [5.74, 6) is 0.741. The highest BCUT2D eigenvalue weighted by molar-refractivity contribution is 5.94. The van der Waals surface area contributed by atoms with Crippen LogP contribution in [-0.2, 0) is 11.3 Å². The number of hydrogen-bond donors (Lipinski definition) is 1. The molecule has 2 aliphatic rings. The summed E-state index contributed by atoms with van der Waals surface area (Å²) in [4.78, 5) is 26.5. The Kier molecular flexibility index (Phi) is 4.28. The van der Waals surface area contributed by atoms with Gasteiger partial charge in [-0.05, 0) is 33.6 Å². The first-order chi connectivity index (χ1) is 11.0. The molecule has 126 valence electrons. The molecule has 0 spiro atoms. The van der Waals surface area contributed by atoms with E-state index in [9.17, 15) is 9.59 Å². The summed E-state index contributed by atoms with van der Waals surface area (Å²) in [6.07, 6.45) is 1.40. The van der Waals surface area contributed by atoms with Crippen molar-refractivity contribution in [2.75, 3.05) is 19.7 Å². The Morgan fingerprint density at radius 3 is 2.57 bits per heavy atom. The maximum Gasteiger partial charge on any atom is 0.274 e. The van der Waals surface area contributed by atoms with Crippen LogP contribution in [0.15, 0.2) is 0 Å². The van der Waals surface area contributed by atoms with Gasteiger partial charge in [-0.1, -0.05) is 0 Å². The molecule has 1 fully saturated rings. The van der Waals surface area contributed by atoms with Gasteiger partial charge in [0.2, 0.25) is 11.8 Å². The molecule has 1 aromatic heterocycles. The van der Waals surface area contributed by atoms with Crippen molar-refractivity contribution in [3.05, 3.63) is 11.3 Å². The maximum atomic E-state index is 12.7. The van der Waals surface area contributed by atoms with E-state index in [1.807, 2.05) is 20.8 Å². The van der Waals surface area contributed by atoms with Gasteiger partial charge in [-0.3, -0.25) is 9.59 Å². The van der Waals surface area contributed by atoms with Crippen molar-refractivity contribution < 1.29 is 14.3 Å². The normalized spacial score (nSPS) is 18.0. The monoisotopic (exact) mass is 320 g/mol. The summed E-state index contributed by atoms with van der Waals surface area (Å²) in [6.45, 7) is 8.29. The number of likely N-dealkylation sites (tertiary alicyclic amines) is 1. The van der Waals surface area contributed by atoms with E-state index in [0.717, 1.165) is 5.56 Å². The number of nitrogens with zero attached hydrogens (tertiary/aromatic N) is 3. The fraction of sp³-hybridized carbons (Fsp3) is 0.688. The largest absolute Gasteiger partial charge is 0.476 e. The molecule has 23 heavy (non-hydrogen) atoms. The lowest BCUT2D eigenvalue weighted by Gasteiger charge is -2.31. The molecule has 2 amide bonds. The van der Waals surface area contributed by atoms with Crippen molar-refractivity contribution in [1.82, 2.24) is 20.0 Å². The topological polar surface area (TPSA) is 76.5 Å². The second-order valence-electron chi connectivity index (χ2n) is 6.58. The molecule has 0 atom stereocenters. The Morgan fingerprint density at radius 1 is 1.26 bits per heavy atom. The van der Waals surface area contributed by atoms with Crippen molar-refractivity contribution in [3.63, 3.8) is 0 Å². The van der Waals surface area contributed by atoms with Crippen LogP contribution in [0, 0.1) is 12.8 Å². The molecular weight excluding hydrogens is 296 g/mol. The van der Waals surface area contributed by atoms with Gasteiger partial charge in [-0.25, -0.2) is 4.68 Å². The molecule has 0 unspecified atom stereocenters. The molecule has 7 nitrogen and oxygen atoms in total. The van der Waals surface area contributed by atoms with Crippen LogP contribution in [0.2, 0.25) is 0 Å². The van der Waals surface area contributed by atoms with Gasteiger partial charge in [0.25, 0.3) is 5.91 Å². The first-order valence-corrected chi connectivity index (χ1v) is 8.27. The number of piperidine rings is 1. The standard InChI is InChI=1S/C16H24N4O3/c1-10(2)17-14(21)12-4-6-19(7-5-12)15(22)13-11(3)16-20(18-13)8-9-23-16/h10,12H,4-9H2,1-3H3,(H,17,21). The molecule has 0 aliphatic carbocycles. The molecule has 0 saturated carbocycles. The van der Waals surface area contributed by atoms with Gasteiger partial charge in [0.05, 0.1) is 6.54 Å². The molecule has 0 aromatic carbocycles. The Morgan fingerprint density at radius 2 is 1.96 bits per heavy atom. The lowest BCUT2D eigenvalue weighted by Crippen LogP contribution is -2.44. The number of carbonyl (C=O) groups excluding carboxylic acids is 2. The summed E-state index contributed by atoms with van der Waals surface area (Å²) in [5.41, 5.74) is 1.29. The molecule has 2 aliphatic heterocycles. The highest BCUT2D eigenvalue weighted by atomic mass is 16.5. The van der Waals surface area contributed by atoms with Gasteiger partial charge >= 0.3 is 0 Å². The zero-order valence-corrected chi connectivity index (χ0v) is 14.0. The third-order valence-corrected chi connectivity index (χ3v) is 4.46. The second kappa shape index (κ2) is 6.22. The molecule has 1 aromatic rings. The summed E-state index contributed by atoms with van der Waals surface area (Å²) in [7, 11) is 0. The quantitative estimate of drug-likeness (QED) is 0.900. The summed E-state index contributed by atoms with van der Waals surface area (Å²) in [6, 6.07) is 0.151. The van der Waals surface area contributed by atoms with Gasteiger partial charge in [0.1, 0.15) is 6.61 Å². The van der Waals surface area contributed by atoms with E-state index >= 15 is 0 Å². The average molecular weight is 320 g/mol. The van der Waals surface area contributed by atoms with Crippen LogP contribution in [0.5, 0.6) is 5.88 Å². The molecule has 1 saturated heterocycles. The minimum Gasteiger partial charge on any atom is -0.476 e. The summed E-state index contributed by atoms with van der Waals surface area (Å²) < 4.78 is 7.26. The fourth-order valence-corrected chi connectivity index (χ4v) is 3.20. The van der Waals surface area contributed by atoms with E-state index < -0.39 is 0 Å². The number of nitrogens with one attached hydrogen (secondary N) is 1. The van der Waals surface area contributed by atoms with Crippen molar-refractivity contribution >= 4 is 11.8 Å². The third-order valence-electron chi connectivity index (χ3n) is 4.46. The Bertz CT molecular complexity index is 615. The number of carbonyl (C=O) groups is 2. The third kappa shape index (κ3) is 3.04. The van der Waals surface area contributed by atoms with E-state index in [1.54, 1.807) is 9.58 Å². The Hall–Kier alpha value is -2.05. The highest BCUT2D eigenvalue weighted by Crippen LogP contribution is 2.27. The van der Waals surface area contributed by atoms with Crippen LogP contribution in [0.25, 0.3) is 0 Å². The zero-order chi connectivity index (χ0) is 16.6. The summed E-state index contributed by atoms with van der Waals surface area (Å²) in [5, 5.41) is 7.33. The van der Waals surface area contributed by atoms with Gasteiger partial charge < -0.3 is 15.0 Å². The molecule has 3 rings (SSSR count). The number of rotatable bonds is 3. The first kappa shape index (κ1) is 15.8. The molecule has 0 bridgehead atoms. The van der Waals surface area contributed by atoms with E-state index in [2.05, 4.69) is 10.4 Å². The van der Waals surface area contributed by atoms with Crippen LogP contribution in [-0.4, -0.2) is 52.2 Å². The van der Waals surface area contributed by atoms with Crippen LogP contribution in [0.4, 0.5) is 0 Å². The van der Waals surface area contributed by atoms with E-state index in [0.29, 0.717) is 50.7 Å². The number of aromatic nitrogens is 2. The van der Waals surface area contributed by atoms with Crippen molar-refractivity contribution in [2.24, 2.45) is 5.92 Å². The molecule has 3 heterocycles. The van der Waals surface area contributed by atoms with Gasteiger partial charge in [-0.2, -0.15) is 5.10 Å². The minimum atomic E-state index is -0.0595. The predicted octanol–water partition coefficient (Wildman–Crippen LogP) is 0.961. The van der Waals surface area contributed by atoms with E-state index in [-0.39, 0.29) is 23.8 Å². The van der Waals surface area contributed by atoms with Crippen molar-refractivity contribution in [3.8, 4) is 5.88 Å². The SMILES string of the molecule is Cc1c(C(=O)N2CCC(C(=O)NC(C)C)CC2)nn2c1OCC2. The number of fused-ring (bicyclic) bond motifs is 1. The Labute approximate surface area is 136 Å². The van der Waals surface area contributed by atoms with Crippen LogP contribution < -0.4 is 10.1 Å². The molecule has 1 N–H and O–H groups in total. The van der Waals surface area contributed by atoms with Crippen molar-refractivity contribution in [1.29, 1.82) is 0 Å². The predicted molar refractivity (Wildman–Crippen MR) is 84.4 cm³/mol. The molecular formula is C16H24N4O3. The Balaban J connectivity index is 1.62. The van der Waals surface area contributed by atoms with Gasteiger partial charge in [0, 0.05) is 30.6 Å². The number of amides is 2. The van der Waals surface area contributed by atoms with Crippen LogP contribution in [0.3, 0.4) is 0 Å². The van der Waals surface area contributed by atoms with Gasteiger partial charge in [0.15, 0.2) is 5.69 Å². The number of ether oxygens (including phenoxy) is 1. The van der Waals surface area contributed by atoms with Gasteiger partial charge in [-0.15, -0.1) is 0 Å². The second-order valence-corrected chi connectivity index (χ2v) is 6.58. The van der Waals surface area contributed by atoms with Crippen molar-refractivity contribution in [2.45, 2.75) is 46.2 Å². The highest BCUT2D eigenvalue weighted by Gasteiger charge is 2.31.